The molecule has 1 atom stereocenters. The SMILES string of the molecule is Cc1[nH]c2ccc(C(=O)N3CCN(C(=O)c4ccc5[nH]c(C)c(C)c5c4)[C@@H](C)C3)cc2c1C. The molecule has 0 bridgehead atoms. The molecule has 0 spiro atoms. The smallest absolute Gasteiger partial charge is 0.254 e. The van der Waals surface area contributed by atoms with Crippen LogP contribution in [0.1, 0.15) is 50.2 Å². The fraction of sp³-hybridized carbons (Fsp3) is 0.333. The van der Waals surface area contributed by atoms with Crippen LogP contribution in [-0.4, -0.2) is 57.3 Å². The van der Waals surface area contributed by atoms with Crippen molar-refractivity contribution in [3.05, 3.63) is 70.0 Å². The van der Waals surface area contributed by atoms with Gasteiger partial charge in [-0.2, -0.15) is 0 Å². The predicted octanol–water partition coefficient (Wildman–Crippen LogP) is 4.87. The standard InChI is InChI=1S/C27H30N4O2/c1-15-14-30(26(32)20-6-8-24-22(12-20)16(2)18(4)28-24)10-11-31(15)27(33)21-7-9-25-23(13-21)17(3)19(5)29-25/h6-9,12-13,15,28-29H,10-11,14H2,1-5H3/t15-/m0/s1. The zero-order valence-corrected chi connectivity index (χ0v) is 19.9. The van der Waals surface area contributed by atoms with Gasteiger partial charge in [0.15, 0.2) is 0 Å². The number of amides is 2. The monoisotopic (exact) mass is 442 g/mol. The van der Waals surface area contributed by atoms with E-state index in [2.05, 4.69) is 23.8 Å². The first-order chi connectivity index (χ1) is 15.7. The van der Waals surface area contributed by atoms with Gasteiger partial charge in [0.1, 0.15) is 0 Å². The molecule has 4 aromatic rings. The summed E-state index contributed by atoms with van der Waals surface area (Å²) in [5.41, 5.74) is 8.09. The summed E-state index contributed by atoms with van der Waals surface area (Å²) < 4.78 is 0. The Labute approximate surface area is 193 Å². The molecule has 6 nitrogen and oxygen atoms in total. The molecular formula is C27H30N4O2. The maximum atomic E-state index is 13.3. The number of nitrogens with one attached hydrogen (secondary N) is 2. The van der Waals surface area contributed by atoms with Gasteiger partial charge in [0.2, 0.25) is 0 Å². The second-order valence-electron chi connectivity index (χ2n) is 9.37. The normalized spacial score (nSPS) is 16.7. The van der Waals surface area contributed by atoms with Gasteiger partial charge in [-0.05, 0) is 82.1 Å². The Hall–Kier alpha value is -3.54. The van der Waals surface area contributed by atoms with E-state index in [1.807, 2.05) is 67.0 Å². The van der Waals surface area contributed by atoms with Gasteiger partial charge in [0, 0.05) is 70.0 Å². The van der Waals surface area contributed by atoms with Crippen LogP contribution in [0.4, 0.5) is 0 Å². The summed E-state index contributed by atoms with van der Waals surface area (Å²) in [5.74, 6) is 0.0449. The summed E-state index contributed by atoms with van der Waals surface area (Å²) in [5, 5.41) is 2.18. The Kier molecular flexibility index (Phi) is 5.04. The van der Waals surface area contributed by atoms with Crippen molar-refractivity contribution in [1.29, 1.82) is 0 Å². The van der Waals surface area contributed by atoms with Crippen LogP contribution in [0.3, 0.4) is 0 Å². The first kappa shape index (κ1) is 21.3. The molecule has 6 heteroatoms. The van der Waals surface area contributed by atoms with Crippen molar-refractivity contribution < 1.29 is 9.59 Å². The van der Waals surface area contributed by atoms with Gasteiger partial charge >= 0.3 is 0 Å². The average molecular weight is 443 g/mol. The molecule has 2 amide bonds. The Bertz CT molecular complexity index is 1410. The van der Waals surface area contributed by atoms with Crippen molar-refractivity contribution >= 4 is 33.6 Å². The molecule has 1 aliphatic rings. The minimum Gasteiger partial charge on any atom is -0.358 e. The number of carbonyl (C=O) groups is 2. The number of benzene rings is 2. The molecule has 3 heterocycles. The van der Waals surface area contributed by atoms with Crippen molar-refractivity contribution in [3.63, 3.8) is 0 Å². The predicted molar refractivity (Wildman–Crippen MR) is 132 cm³/mol. The van der Waals surface area contributed by atoms with Crippen LogP contribution in [0.25, 0.3) is 21.8 Å². The van der Waals surface area contributed by atoms with E-state index in [0.29, 0.717) is 30.8 Å². The molecule has 2 N–H and O–H groups in total. The molecule has 0 unspecified atom stereocenters. The minimum absolute atomic E-state index is 0.0222. The number of nitrogens with zero attached hydrogens (tertiary/aromatic N) is 2. The lowest BCUT2D eigenvalue weighted by atomic mass is 10.0. The lowest BCUT2D eigenvalue weighted by Gasteiger charge is -2.40. The average Bonchev–Trinajstić information content (AvgIpc) is 3.26. The quantitative estimate of drug-likeness (QED) is 0.465. The van der Waals surface area contributed by atoms with Gasteiger partial charge in [-0.1, -0.05) is 0 Å². The van der Waals surface area contributed by atoms with Gasteiger partial charge in [-0.15, -0.1) is 0 Å². The zero-order chi connectivity index (χ0) is 23.4. The highest BCUT2D eigenvalue weighted by Gasteiger charge is 2.31. The number of rotatable bonds is 2. The van der Waals surface area contributed by atoms with E-state index < -0.39 is 0 Å². The number of aromatic nitrogens is 2. The fourth-order valence-corrected chi connectivity index (χ4v) is 4.98. The Morgan fingerprint density at radius 2 is 1.30 bits per heavy atom. The van der Waals surface area contributed by atoms with E-state index in [-0.39, 0.29) is 17.9 Å². The van der Waals surface area contributed by atoms with Crippen molar-refractivity contribution in [2.45, 2.75) is 40.7 Å². The molecular weight excluding hydrogens is 412 g/mol. The van der Waals surface area contributed by atoms with E-state index in [1.54, 1.807) is 0 Å². The molecule has 0 aliphatic carbocycles. The maximum absolute atomic E-state index is 13.3. The van der Waals surface area contributed by atoms with Crippen LogP contribution >= 0.6 is 0 Å². The number of carbonyl (C=O) groups excluding carboxylic acids is 2. The van der Waals surface area contributed by atoms with Gasteiger partial charge in [-0.25, -0.2) is 0 Å². The number of H-pyrrole nitrogens is 2. The highest BCUT2D eigenvalue weighted by molar-refractivity contribution is 6.01. The van der Waals surface area contributed by atoms with Gasteiger partial charge in [-0.3, -0.25) is 9.59 Å². The molecule has 2 aromatic carbocycles. The van der Waals surface area contributed by atoms with Crippen LogP contribution in [0.5, 0.6) is 0 Å². The van der Waals surface area contributed by atoms with Crippen molar-refractivity contribution in [2.24, 2.45) is 0 Å². The van der Waals surface area contributed by atoms with Crippen LogP contribution < -0.4 is 0 Å². The van der Waals surface area contributed by atoms with Crippen LogP contribution in [0.15, 0.2) is 36.4 Å². The zero-order valence-electron chi connectivity index (χ0n) is 19.9. The lowest BCUT2D eigenvalue weighted by Crippen LogP contribution is -2.55. The van der Waals surface area contributed by atoms with E-state index in [4.69, 9.17) is 0 Å². The van der Waals surface area contributed by atoms with Crippen LogP contribution in [0, 0.1) is 27.7 Å². The molecule has 5 rings (SSSR count). The highest BCUT2D eigenvalue weighted by atomic mass is 16.2. The largest absolute Gasteiger partial charge is 0.358 e. The molecule has 170 valence electrons. The number of piperazine rings is 1. The molecule has 33 heavy (non-hydrogen) atoms. The fourth-order valence-electron chi connectivity index (χ4n) is 4.98. The second kappa shape index (κ2) is 7.80. The minimum atomic E-state index is -0.0556. The first-order valence-corrected chi connectivity index (χ1v) is 11.5. The number of hydrogen-bond acceptors (Lipinski definition) is 2. The maximum Gasteiger partial charge on any atom is 0.254 e. The number of fused-ring (bicyclic) bond motifs is 2. The van der Waals surface area contributed by atoms with E-state index in [1.165, 1.54) is 11.1 Å². The van der Waals surface area contributed by atoms with Crippen LogP contribution in [0.2, 0.25) is 0 Å². The topological polar surface area (TPSA) is 72.2 Å². The summed E-state index contributed by atoms with van der Waals surface area (Å²) in [7, 11) is 0. The Morgan fingerprint density at radius 1 is 0.788 bits per heavy atom. The van der Waals surface area contributed by atoms with Crippen molar-refractivity contribution in [3.8, 4) is 0 Å². The molecule has 2 aromatic heterocycles. The molecule has 0 saturated carbocycles. The first-order valence-electron chi connectivity index (χ1n) is 11.5. The van der Waals surface area contributed by atoms with E-state index in [9.17, 15) is 9.59 Å². The van der Waals surface area contributed by atoms with Gasteiger partial charge in [0.25, 0.3) is 11.8 Å². The van der Waals surface area contributed by atoms with E-state index in [0.717, 1.165) is 33.2 Å². The molecule has 0 radical (unpaired) electrons. The third-order valence-corrected chi connectivity index (χ3v) is 7.29. The summed E-state index contributed by atoms with van der Waals surface area (Å²) in [6, 6.07) is 11.6. The summed E-state index contributed by atoms with van der Waals surface area (Å²) in [4.78, 5) is 37.0. The lowest BCUT2D eigenvalue weighted by molar-refractivity contribution is 0.0414. The van der Waals surface area contributed by atoms with Gasteiger partial charge in [0.05, 0.1) is 0 Å². The highest BCUT2D eigenvalue weighted by Crippen LogP contribution is 2.26. The van der Waals surface area contributed by atoms with Gasteiger partial charge < -0.3 is 19.8 Å². The van der Waals surface area contributed by atoms with E-state index >= 15 is 0 Å². The third-order valence-electron chi connectivity index (χ3n) is 7.29. The number of hydrogen-bond donors (Lipinski definition) is 2. The third kappa shape index (κ3) is 3.50. The van der Waals surface area contributed by atoms with Crippen molar-refractivity contribution in [2.75, 3.05) is 19.6 Å². The number of aryl methyl sites for hydroxylation is 4. The molecule has 1 fully saturated rings. The van der Waals surface area contributed by atoms with Crippen molar-refractivity contribution in [1.82, 2.24) is 19.8 Å². The summed E-state index contributed by atoms with van der Waals surface area (Å²) in [6.07, 6.45) is 0. The summed E-state index contributed by atoms with van der Waals surface area (Å²) in [6.45, 7) is 11.8. The molecule has 1 saturated heterocycles. The van der Waals surface area contributed by atoms with Crippen LogP contribution in [-0.2, 0) is 0 Å². The Morgan fingerprint density at radius 3 is 1.82 bits per heavy atom. The summed E-state index contributed by atoms with van der Waals surface area (Å²) >= 11 is 0. The number of aromatic amines is 2. The Balaban J connectivity index is 1.33. The second-order valence-corrected chi connectivity index (χ2v) is 9.37. The molecule has 1 aliphatic heterocycles.